The second-order valence-corrected chi connectivity index (χ2v) is 11.1. The van der Waals surface area contributed by atoms with E-state index >= 15 is 0 Å². The fraction of sp³-hybridized carbons (Fsp3) is 0.161. The summed E-state index contributed by atoms with van der Waals surface area (Å²) < 4.78 is 38.6. The van der Waals surface area contributed by atoms with Crippen molar-refractivity contribution >= 4 is 33.3 Å². The van der Waals surface area contributed by atoms with Crippen LogP contribution < -0.4 is 14.4 Å². The highest BCUT2D eigenvalue weighted by Crippen LogP contribution is 2.31. The van der Waals surface area contributed by atoms with E-state index in [9.17, 15) is 18.0 Å². The molecule has 0 aromatic heterocycles. The minimum atomic E-state index is -3.95. The van der Waals surface area contributed by atoms with Gasteiger partial charge in [0.25, 0.3) is 15.9 Å². The zero-order chi connectivity index (χ0) is 28.9. The normalized spacial score (nSPS) is 11.8. The number of ether oxygens (including phenoxy) is 2. The Labute approximate surface area is 234 Å². The molecule has 0 spiro atoms. The summed E-state index contributed by atoms with van der Waals surface area (Å²) in [6.45, 7) is 3.79. The van der Waals surface area contributed by atoms with Crippen LogP contribution in [0.4, 0.5) is 11.4 Å². The second kappa shape index (κ2) is 12.0. The lowest BCUT2D eigenvalue weighted by Crippen LogP contribution is -2.27. The number of nitrogens with one attached hydrogen (secondary N) is 1. The summed E-state index contributed by atoms with van der Waals surface area (Å²) in [7, 11) is -1.06. The Hall–Kier alpha value is -4.63. The predicted octanol–water partition coefficient (Wildman–Crippen LogP) is 5.67. The molecule has 0 radical (unpaired) electrons. The predicted molar refractivity (Wildman–Crippen MR) is 154 cm³/mol. The zero-order valence-electron chi connectivity index (χ0n) is 22.6. The van der Waals surface area contributed by atoms with Crippen LogP contribution in [0.2, 0.25) is 0 Å². The number of carbonyl (C=O) groups excluding carboxylic acids is 2. The van der Waals surface area contributed by atoms with Gasteiger partial charge in [0.05, 0.1) is 23.3 Å². The number of sulfonamides is 1. The molecule has 0 heterocycles. The van der Waals surface area contributed by atoms with E-state index in [0.29, 0.717) is 22.7 Å². The summed E-state index contributed by atoms with van der Waals surface area (Å²) in [5.41, 5.74) is 3.42. The molecule has 40 heavy (non-hydrogen) atoms. The van der Waals surface area contributed by atoms with Gasteiger partial charge < -0.3 is 14.8 Å². The lowest BCUT2D eigenvalue weighted by Gasteiger charge is -2.22. The second-order valence-electron chi connectivity index (χ2n) is 9.17. The number of anilines is 2. The van der Waals surface area contributed by atoms with E-state index in [1.807, 2.05) is 32.0 Å². The first-order valence-corrected chi connectivity index (χ1v) is 13.9. The third-order valence-corrected chi connectivity index (χ3v) is 8.17. The molecule has 0 saturated carbocycles. The lowest BCUT2D eigenvalue weighted by molar-refractivity contribution is -0.125. The molecule has 0 aliphatic rings. The Morgan fingerprint density at radius 3 is 2.17 bits per heavy atom. The van der Waals surface area contributed by atoms with Crippen molar-refractivity contribution in [1.29, 1.82) is 0 Å². The fourth-order valence-corrected chi connectivity index (χ4v) is 5.29. The number of para-hydroxylation sites is 2. The van der Waals surface area contributed by atoms with E-state index in [2.05, 4.69) is 5.32 Å². The topological polar surface area (TPSA) is 102 Å². The molecule has 1 amide bonds. The number of rotatable bonds is 9. The molecule has 0 aliphatic heterocycles. The standard InChI is InChI=1S/C31H30N2O6S/c1-21-14-15-22(2)26(20-21)32-30(34)29(23-10-6-5-7-11-23)39-31(35)24-16-18-25(19-17-24)40(36,37)33(3)27-12-8-9-13-28(27)38-4/h5-20,29H,1-4H3,(H,32,34)/t29-/m0/s1. The highest BCUT2D eigenvalue weighted by atomic mass is 32.2. The van der Waals surface area contributed by atoms with Crippen LogP contribution >= 0.6 is 0 Å². The monoisotopic (exact) mass is 558 g/mol. The lowest BCUT2D eigenvalue weighted by atomic mass is 10.1. The van der Waals surface area contributed by atoms with E-state index in [4.69, 9.17) is 9.47 Å². The van der Waals surface area contributed by atoms with Crippen molar-refractivity contribution in [1.82, 2.24) is 0 Å². The van der Waals surface area contributed by atoms with Gasteiger partial charge in [-0.1, -0.05) is 54.6 Å². The molecule has 4 aromatic rings. The van der Waals surface area contributed by atoms with Crippen molar-refractivity contribution in [3.63, 3.8) is 0 Å². The van der Waals surface area contributed by atoms with Crippen LogP contribution in [0.1, 0.15) is 33.2 Å². The Bertz CT molecular complexity index is 1620. The molecule has 0 fully saturated rings. The molecule has 4 aromatic carbocycles. The summed E-state index contributed by atoms with van der Waals surface area (Å²) in [6, 6.07) is 26.5. The van der Waals surface area contributed by atoms with Crippen LogP contribution in [-0.4, -0.2) is 34.5 Å². The quantitative estimate of drug-likeness (QED) is 0.266. The average Bonchev–Trinajstić information content (AvgIpc) is 2.97. The van der Waals surface area contributed by atoms with Crippen molar-refractivity contribution in [2.24, 2.45) is 0 Å². The summed E-state index contributed by atoms with van der Waals surface area (Å²) in [5.74, 6) is -0.877. The van der Waals surface area contributed by atoms with Gasteiger partial charge in [-0.05, 0) is 67.4 Å². The van der Waals surface area contributed by atoms with Crippen molar-refractivity contribution in [2.45, 2.75) is 24.8 Å². The number of amides is 1. The Kier molecular flexibility index (Phi) is 8.55. The van der Waals surface area contributed by atoms with Gasteiger partial charge in [0.2, 0.25) is 6.10 Å². The fourth-order valence-electron chi connectivity index (χ4n) is 4.09. The Morgan fingerprint density at radius 2 is 1.50 bits per heavy atom. The summed E-state index contributed by atoms with van der Waals surface area (Å²) in [5, 5.41) is 2.86. The van der Waals surface area contributed by atoms with E-state index < -0.39 is 28.0 Å². The van der Waals surface area contributed by atoms with Gasteiger partial charge in [-0.2, -0.15) is 0 Å². The third-order valence-electron chi connectivity index (χ3n) is 6.39. The largest absolute Gasteiger partial charge is 0.495 e. The number of carbonyl (C=O) groups is 2. The summed E-state index contributed by atoms with van der Waals surface area (Å²) in [4.78, 5) is 26.4. The molecule has 0 saturated heterocycles. The minimum absolute atomic E-state index is 0.0234. The van der Waals surface area contributed by atoms with E-state index in [0.717, 1.165) is 15.4 Å². The van der Waals surface area contributed by atoms with Crippen molar-refractivity contribution < 1.29 is 27.5 Å². The van der Waals surface area contributed by atoms with Gasteiger partial charge in [-0.25, -0.2) is 13.2 Å². The minimum Gasteiger partial charge on any atom is -0.495 e. The molecule has 9 heteroatoms. The van der Waals surface area contributed by atoms with Crippen LogP contribution in [0.5, 0.6) is 5.75 Å². The summed E-state index contributed by atoms with van der Waals surface area (Å²) >= 11 is 0. The molecular formula is C31H30N2O6S. The van der Waals surface area contributed by atoms with Crippen molar-refractivity contribution in [2.75, 3.05) is 23.8 Å². The van der Waals surface area contributed by atoms with Crippen molar-refractivity contribution in [3.8, 4) is 5.75 Å². The molecule has 0 unspecified atom stereocenters. The first kappa shape index (κ1) is 28.4. The summed E-state index contributed by atoms with van der Waals surface area (Å²) in [6.07, 6.45) is -1.23. The van der Waals surface area contributed by atoms with E-state index in [1.165, 1.54) is 38.4 Å². The van der Waals surface area contributed by atoms with Crippen LogP contribution in [0.3, 0.4) is 0 Å². The Balaban J connectivity index is 1.56. The molecule has 0 aliphatic carbocycles. The molecule has 1 N–H and O–H groups in total. The van der Waals surface area contributed by atoms with Gasteiger partial charge in [0.15, 0.2) is 0 Å². The highest BCUT2D eigenvalue weighted by molar-refractivity contribution is 7.92. The average molecular weight is 559 g/mol. The van der Waals surface area contributed by atoms with E-state index in [1.54, 1.807) is 54.6 Å². The number of hydrogen-bond acceptors (Lipinski definition) is 6. The maximum absolute atomic E-state index is 13.3. The van der Waals surface area contributed by atoms with Crippen LogP contribution in [0.25, 0.3) is 0 Å². The number of esters is 1. The SMILES string of the molecule is COc1ccccc1N(C)S(=O)(=O)c1ccc(C(=O)O[C@H](C(=O)Nc2cc(C)ccc2C)c2ccccc2)cc1. The number of hydrogen-bond donors (Lipinski definition) is 1. The molecule has 206 valence electrons. The van der Waals surface area contributed by atoms with Gasteiger partial charge in [0.1, 0.15) is 5.75 Å². The van der Waals surface area contributed by atoms with E-state index in [-0.39, 0.29) is 10.5 Å². The van der Waals surface area contributed by atoms with Gasteiger partial charge in [-0.15, -0.1) is 0 Å². The molecule has 4 rings (SSSR count). The van der Waals surface area contributed by atoms with Crippen LogP contribution in [0, 0.1) is 13.8 Å². The Morgan fingerprint density at radius 1 is 0.850 bits per heavy atom. The first-order chi connectivity index (χ1) is 19.1. The third kappa shape index (κ3) is 6.16. The number of benzene rings is 4. The molecule has 0 bridgehead atoms. The molecule has 1 atom stereocenters. The molecular weight excluding hydrogens is 528 g/mol. The maximum Gasteiger partial charge on any atom is 0.339 e. The first-order valence-electron chi connectivity index (χ1n) is 12.5. The smallest absolute Gasteiger partial charge is 0.339 e. The van der Waals surface area contributed by atoms with Gasteiger partial charge >= 0.3 is 5.97 Å². The maximum atomic E-state index is 13.3. The number of nitrogens with zero attached hydrogens (tertiary/aromatic N) is 1. The highest BCUT2D eigenvalue weighted by Gasteiger charge is 2.28. The van der Waals surface area contributed by atoms with Crippen LogP contribution in [-0.2, 0) is 19.6 Å². The molecule has 8 nitrogen and oxygen atoms in total. The zero-order valence-corrected chi connectivity index (χ0v) is 23.4. The van der Waals surface area contributed by atoms with Gasteiger partial charge in [-0.3, -0.25) is 9.10 Å². The van der Waals surface area contributed by atoms with Gasteiger partial charge in [0, 0.05) is 18.3 Å². The van der Waals surface area contributed by atoms with Crippen LogP contribution in [0.15, 0.2) is 102 Å². The number of aryl methyl sites for hydroxylation is 2. The number of methoxy groups -OCH3 is 1. The van der Waals surface area contributed by atoms with Crippen molar-refractivity contribution in [3.05, 3.63) is 119 Å².